The van der Waals surface area contributed by atoms with Gasteiger partial charge in [-0.25, -0.2) is 4.79 Å². The van der Waals surface area contributed by atoms with Crippen molar-refractivity contribution in [1.82, 2.24) is 0 Å². The number of carbonyl (C=O) groups excluding carboxylic acids is 1. The van der Waals surface area contributed by atoms with Crippen molar-refractivity contribution < 1.29 is 24.2 Å². The van der Waals surface area contributed by atoms with Crippen molar-refractivity contribution in [2.45, 2.75) is 25.4 Å². The summed E-state index contributed by atoms with van der Waals surface area (Å²) in [7, 11) is 1.50. The molecule has 0 aromatic heterocycles. The first-order valence-electron chi connectivity index (χ1n) is 5.74. The first-order chi connectivity index (χ1) is 8.61. The maximum atomic E-state index is 11.4. The Kier molecular flexibility index (Phi) is 3.50. The van der Waals surface area contributed by atoms with E-state index in [1.807, 2.05) is 0 Å². The smallest absolute Gasteiger partial charge is 0.377 e. The predicted octanol–water partition coefficient (Wildman–Crippen LogP) is 1.89. The van der Waals surface area contributed by atoms with E-state index in [9.17, 15) is 9.59 Å². The van der Waals surface area contributed by atoms with Crippen molar-refractivity contribution >= 4 is 11.8 Å². The van der Waals surface area contributed by atoms with E-state index in [1.165, 1.54) is 19.2 Å². The van der Waals surface area contributed by atoms with Gasteiger partial charge in [0.25, 0.3) is 5.78 Å². The Morgan fingerprint density at radius 3 is 2.50 bits per heavy atom. The number of ether oxygens (including phenoxy) is 2. The van der Waals surface area contributed by atoms with Crippen LogP contribution >= 0.6 is 0 Å². The quantitative estimate of drug-likeness (QED) is 0.638. The van der Waals surface area contributed by atoms with Crippen molar-refractivity contribution in [3.63, 3.8) is 0 Å². The molecule has 5 nitrogen and oxygen atoms in total. The van der Waals surface area contributed by atoms with Gasteiger partial charge in [0.2, 0.25) is 0 Å². The number of aliphatic carboxylic acids is 1. The number of hydrogen-bond donors (Lipinski definition) is 1. The molecule has 18 heavy (non-hydrogen) atoms. The SMILES string of the molecule is COc1ccc(C(=O)C(=O)O)cc1OC1CCC1. The number of carboxylic acid groups (broad SMARTS) is 1. The van der Waals surface area contributed by atoms with Gasteiger partial charge in [-0.05, 0) is 37.5 Å². The second-order valence-corrected chi connectivity index (χ2v) is 4.17. The lowest BCUT2D eigenvalue weighted by Gasteiger charge is -2.27. The van der Waals surface area contributed by atoms with Crippen LogP contribution < -0.4 is 9.47 Å². The Labute approximate surface area is 104 Å². The minimum absolute atomic E-state index is 0.0950. The fraction of sp³-hybridized carbons (Fsp3) is 0.385. The average Bonchev–Trinajstić information content (AvgIpc) is 2.32. The minimum atomic E-state index is -1.48. The third kappa shape index (κ3) is 2.45. The number of hydrogen-bond acceptors (Lipinski definition) is 4. The molecule has 1 fully saturated rings. The van der Waals surface area contributed by atoms with Gasteiger partial charge in [-0.3, -0.25) is 4.79 Å². The molecule has 1 aromatic rings. The lowest BCUT2D eigenvalue weighted by Crippen LogP contribution is -2.25. The van der Waals surface area contributed by atoms with E-state index in [4.69, 9.17) is 14.6 Å². The van der Waals surface area contributed by atoms with Gasteiger partial charge in [0, 0.05) is 5.56 Å². The van der Waals surface area contributed by atoms with E-state index >= 15 is 0 Å². The van der Waals surface area contributed by atoms with Crippen LogP contribution in [0, 0.1) is 0 Å². The molecule has 1 saturated carbocycles. The van der Waals surface area contributed by atoms with Crippen LogP contribution in [0.15, 0.2) is 18.2 Å². The molecule has 1 aliphatic rings. The zero-order chi connectivity index (χ0) is 13.1. The molecule has 0 bridgehead atoms. The van der Waals surface area contributed by atoms with Gasteiger partial charge < -0.3 is 14.6 Å². The van der Waals surface area contributed by atoms with Gasteiger partial charge in [0.1, 0.15) is 0 Å². The molecule has 1 N–H and O–H groups in total. The number of Topliss-reactive ketones (excluding diaryl/α,β-unsaturated/α-hetero) is 1. The van der Waals surface area contributed by atoms with E-state index in [-0.39, 0.29) is 11.7 Å². The highest BCUT2D eigenvalue weighted by Gasteiger charge is 2.22. The van der Waals surface area contributed by atoms with Gasteiger partial charge in [0.05, 0.1) is 13.2 Å². The fourth-order valence-electron chi connectivity index (χ4n) is 1.70. The molecule has 0 unspecified atom stereocenters. The van der Waals surface area contributed by atoms with E-state index in [1.54, 1.807) is 6.07 Å². The first kappa shape index (κ1) is 12.4. The van der Waals surface area contributed by atoms with Crippen molar-refractivity contribution in [1.29, 1.82) is 0 Å². The number of benzene rings is 1. The molecule has 0 aliphatic heterocycles. The molecule has 0 spiro atoms. The second kappa shape index (κ2) is 5.08. The van der Waals surface area contributed by atoms with Gasteiger partial charge in [-0.15, -0.1) is 0 Å². The molecule has 1 aliphatic carbocycles. The summed E-state index contributed by atoms with van der Waals surface area (Å²) < 4.78 is 10.8. The number of carbonyl (C=O) groups is 2. The van der Waals surface area contributed by atoms with Gasteiger partial charge >= 0.3 is 5.97 Å². The van der Waals surface area contributed by atoms with E-state index < -0.39 is 11.8 Å². The van der Waals surface area contributed by atoms with Gasteiger partial charge in [-0.1, -0.05) is 0 Å². The Morgan fingerprint density at radius 1 is 1.28 bits per heavy atom. The summed E-state index contributed by atoms with van der Waals surface area (Å²) in [6.07, 6.45) is 3.20. The average molecular weight is 250 g/mol. The molecule has 5 heteroatoms. The summed E-state index contributed by atoms with van der Waals surface area (Å²) in [5.41, 5.74) is 0.0950. The number of rotatable bonds is 5. The molecule has 0 radical (unpaired) electrons. The Hall–Kier alpha value is -2.04. The zero-order valence-corrected chi connectivity index (χ0v) is 10.0. The van der Waals surface area contributed by atoms with E-state index in [2.05, 4.69) is 0 Å². The third-order valence-corrected chi connectivity index (χ3v) is 2.97. The first-order valence-corrected chi connectivity index (χ1v) is 5.74. The summed E-state index contributed by atoms with van der Waals surface area (Å²) >= 11 is 0. The van der Waals surface area contributed by atoms with Gasteiger partial charge in [0.15, 0.2) is 11.5 Å². The van der Waals surface area contributed by atoms with Crippen molar-refractivity contribution in [2.24, 2.45) is 0 Å². The Bertz CT molecular complexity index is 476. The number of ketones is 1. The Morgan fingerprint density at radius 2 is 2.00 bits per heavy atom. The topological polar surface area (TPSA) is 72.8 Å². The molecule has 0 saturated heterocycles. The molecule has 2 rings (SSSR count). The molecule has 96 valence electrons. The highest BCUT2D eigenvalue weighted by molar-refractivity contribution is 6.39. The summed E-state index contributed by atoms with van der Waals surface area (Å²) in [5.74, 6) is -1.50. The standard InChI is InChI=1S/C13H14O5/c1-17-10-6-5-8(12(14)13(15)16)7-11(10)18-9-3-2-4-9/h5-7,9H,2-4H2,1H3,(H,15,16). The zero-order valence-electron chi connectivity index (χ0n) is 10.0. The van der Waals surface area contributed by atoms with E-state index in [0.717, 1.165) is 19.3 Å². The molecular formula is C13H14O5. The Balaban J connectivity index is 2.26. The number of carboxylic acids is 1. The maximum Gasteiger partial charge on any atom is 0.377 e. The van der Waals surface area contributed by atoms with Crippen molar-refractivity contribution in [2.75, 3.05) is 7.11 Å². The van der Waals surface area contributed by atoms with Crippen LogP contribution in [0.3, 0.4) is 0 Å². The van der Waals surface area contributed by atoms with Crippen LogP contribution in [-0.2, 0) is 4.79 Å². The predicted molar refractivity (Wildman–Crippen MR) is 63.2 cm³/mol. The third-order valence-electron chi connectivity index (χ3n) is 2.97. The van der Waals surface area contributed by atoms with Crippen molar-refractivity contribution in [3.8, 4) is 11.5 Å². The van der Waals surface area contributed by atoms with Crippen LogP contribution in [0.1, 0.15) is 29.6 Å². The summed E-state index contributed by atoms with van der Waals surface area (Å²) in [6.45, 7) is 0. The summed E-state index contributed by atoms with van der Waals surface area (Å²) in [5, 5.41) is 8.67. The lowest BCUT2D eigenvalue weighted by atomic mass is 9.96. The summed E-state index contributed by atoms with van der Waals surface area (Å²) in [6, 6.07) is 4.39. The fourth-order valence-corrected chi connectivity index (χ4v) is 1.70. The van der Waals surface area contributed by atoms with Crippen LogP contribution in [0.2, 0.25) is 0 Å². The molecule has 0 heterocycles. The van der Waals surface area contributed by atoms with E-state index in [0.29, 0.717) is 11.5 Å². The second-order valence-electron chi connectivity index (χ2n) is 4.17. The highest BCUT2D eigenvalue weighted by Crippen LogP contribution is 2.33. The minimum Gasteiger partial charge on any atom is -0.493 e. The van der Waals surface area contributed by atoms with Crippen LogP contribution in [0.25, 0.3) is 0 Å². The molecule has 0 amide bonds. The van der Waals surface area contributed by atoms with Crippen LogP contribution in [0.5, 0.6) is 11.5 Å². The molecular weight excluding hydrogens is 236 g/mol. The summed E-state index contributed by atoms with van der Waals surface area (Å²) in [4.78, 5) is 22.0. The normalized spacial score (nSPS) is 14.7. The highest BCUT2D eigenvalue weighted by atomic mass is 16.5. The van der Waals surface area contributed by atoms with Gasteiger partial charge in [-0.2, -0.15) is 0 Å². The monoisotopic (exact) mass is 250 g/mol. The van der Waals surface area contributed by atoms with Crippen molar-refractivity contribution in [3.05, 3.63) is 23.8 Å². The lowest BCUT2D eigenvalue weighted by molar-refractivity contribution is -0.131. The number of methoxy groups -OCH3 is 1. The largest absolute Gasteiger partial charge is 0.493 e. The van der Waals surface area contributed by atoms with Crippen LogP contribution in [-0.4, -0.2) is 30.1 Å². The maximum absolute atomic E-state index is 11.4. The molecule has 1 aromatic carbocycles. The van der Waals surface area contributed by atoms with Crippen LogP contribution in [0.4, 0.5) is 0 Å². The molecule has 0 atom stereocenters.